The third kappa shape index (κ3) is 3.03. The number of aromatic hydroxyl groups is 1. The van der Waals surface area contributed by atoms with E-state index in [-0.39, 0.29) is 0 Å². The summed E-state index contributed by atoms with van der Waals surface area (Å²) >= 11 is 0. The first-order valence-corrected chi connectivity index (χ1v) is 6.53. The minimum absolute atomic E-state index is 0.311. The van der Waals surface area contributed by atoms with Crippen LogP contribution in [0.5, 0.6) is 11.5 Å². The Balaban J connectivity index is 2.11. The molecule has 0 aliphatic rings. The molecule has 0 saturated carbocycles. The topological polar surface area (TPSA) is 53.5 Å². The standard InChI is InChI=1S/C16H20N2O2/c1-11-9-15(20-3)12(2)14(16(11)19)10-17-18-13-7-5-4-6-8-13/h4-9,17-19H,10H2,1-3H3. The van der Waals surface area contributed by atoms with Gasteiger partial charge in [0.1, 0.15) is 11.5 Å². The summed E-state index contributed by atoms with van der Waals surface area (Å²) in [4.78, 5) is 0. The lowest BCUT2D eigenvalue weighted by molar-refractivity contribution is 0.405. The maximum absolute atomic E-state index is 10.2. The Bertz CT molecular complexity index is 583. The second-order valence-corrected chi connectivity index (χ2v) is 4.69. The van der Waals surface area contributed by atoms with Gasteiger partial charge >= 0.3 is 0 Å². The number of hydrazine groups is 1. The van der Waals surface area contributed by atoms with Crippen molar-refractivity contribution in [3.63, 3.8) is 0 Å². The number of ether oxygens (including phenoxy) is 1. The molecule has 0 amide bonds. The molecule has 0 radical (unpaired) electrons. The lowest BCUT2D eigenvalue weighted by atomic mass is 10.0. The molecule has 0 spiro atoms. The zero-order valence-corrected chi connectivity index (χ0v) is 12.0. The number of hydrogen-bond donors (Lipinski definition) is 3. The van der Waals surface area contributed by atoms with Crippen molar-refractivity contribution in [2.45, 2.75) is 20.4 Å². The monoisotopic (exact) mass is 272 g/mol. The molecule has 0 fully saturated rings. The number of aryl methyl sites for hydroxylation is 1. The van der Waals surface area contributed by atoms with Crippen molar-refractivity contribution in [3.05, 3.63) is 53.1 Å². The second-order valence-electron chi connectivity index (χ2n) is 4.69. The van der Waals surface area contributed by atoms with E-state index in [1.807, 2.05) is 50.2 Å². The third-order valence-corrected chi connectivity index (χ3v) is 3.32. The van der Waals surface area contributed by atoms with Gasteiger partial charge in [0, 0.05) is 17.8 Å². The van der Waals surface area contributed by atoms with Gasteiger partial charge in [-0.05, 0) is 43.2 Å². The molecule has 4 heteroatoms. The quantitative estimate of drug-likeness (QED) is 0.732. The number of para-hydroxylation sites is 1. The molecule has 4 nitrogen and oxygen atoms in total. The molecular formula is C16H20N2O2. The first-order chi connectivity index (χ1) is 9.63. The Morgan fingerprint density at radius 3 is 2.50 bits per heavy atom. The molecule has 0 bridgehead atoms. The lowest BCUT2D eigenvalue weighted by Gasteiger charge is -2.16. The second kappa shape index (κ2) is 6.30. The molecule has 3 N–H and O–H groups in total. The van der Waals surface area contributed by atoms with Gasteiger partial charge in [-0.3, -0.25) is 0 Å². The Labute approximate surface area is 119 Å². The molecule has 0 aromatic heterocycles. The van der Waals surface area contributed by atoms with Crippen LogP contribution >= 0.6 is 0 Å². The minimum Gasteiger partial charge on any atom is -0.507 e. The minimum atomic E-state index is 0.311. The highest BCUT2D eigenvalue weighted by Gasteiger charge is 2.12. The molecule has 2 aromatic carbocycles. The molecule has 0 heterocycles. The number of anilines is 1. The van der Waals surface area contributed by atoms with Crippen molar-refractivity contribution in [1.82, 2.24) is 5.43 Å². The highest BCUT2D eigenvalue weighted by Crippen LogP contribution is 2.32. The fourth-order valence-corrected chi connectivity index (χ4v) is 2.12. The molecular weight excluding hydrogens is 252 g/mol. The van der Waals surface area contributed by atoms with Crippen LogP contribution in [0.2, 0.25) is 0 Å². The van der Waals surface area contributed by atoms with Gasteiger partial charge in [-0.2, -0.15) is 0 Å². The van der Waals surface area contributed by atoms with Crippen LogP contribution in [0.4, 0.5) is 5.69 Å². The predicted molar refractivity (Wildman–Crippen MR) is 81.0 cm³/mol. The van der Waals surface area contributed by atoms with E-state index in [9.17, 15) is 5.11 Å². The van der Waals surface area contributed by atoms with Crippen LogP contribution in [0.1, 0.15) is 16.7 Å². The van der Waals surface area contributed by atoms with Crippen LogP contribution in [-0.4, -0.2) is 12.2 Å². The van der Waals surface area contributed by atoms with Crippen molar-refractivity contribution in [3.8, 4) is 11.5 Å². The van der Waals surface area contributed by atoms with E-state index in [1.54, 1.807) is 7.11 Å². The van der Waals surface area contributed by atoms with Crippen LogP contribution < -0.4 is 15.6 Å². The van der Waals surface area contributed by atoms with Gasteiger partial charge in [0.15, 0.2) is 0 Å². The summed E-state index contributed by atoms with van der Waals surface area (Å²) in [5.74, 6) is 1.10. The number of phenols is 1. The van der Waals surface area contributed by atoms with E-state index in [1.165, 1.54) is 0 Å². The third-order valence-electron chi connectivity index (χ3n) is 3.32. The van der Waals surface area contributed by atoms with E-state index in [0.29, 0.717) is 12.3 Å². The van der Waals surface area contributed by atoms with E-state index in [2.05, 4.69) is 10.9 Å². The van der Waals surface area contributed by atoms with Gasteiger partial charge in [0.25, 0.3) is 0 Å². The van der Waals surface area contributed by atoms with Crippen molar-refractivity contribution in [2.24, 2.45) is 0 Å². The van der Waals surface area contributed by atoms with Gasteiger partial charge in [-0.1, -0.05) is 18.2 Å². The van der Waals surface area contributed by atoms with E-state index >= 15 is 0 Å². The fraction of sp³-hybridized carbons (Fsp3) is 0.250. The number of phenolic OH excluding ortho intramolecular Hbond substituents is 1. The summed E-state index contributed by atoms with van der Waals surface area (Å²) in [6.07, 6.45) is 0. The first kappa shape index (κ1) is 14.2. The van der Waals surface area contributed by atoms with Crippen LogP contribution in [0.15, 0.2) is 36.4 Å². The highest BCUT2D eigenvalue weighted by atomic mass is 16.5. The van der Waals surface area contributed by atoms with Crippen LogP contribution in [0.25, 0.3) is 0 Å². The van der Waals surface area contributed by atoms with E-state index < -0.39 is 0 Å². The van der Waals surface area contributed by atoms with Crippen LogP contribution in [-0.2, 0) is 6.54 Å². The van der Waals surface area contributed by atoms with Crippen molar-refractivity contribution >= 4 is 5.69 Å². The molecule has 0 aliphatic carbocycles. The van der Waals surface area contributed by atoms with Gasteiger partial charge in [0.2, 0.25) is 0 Å². The fourth-order valence-electron chi connectivity index (χ4n) is 2.12. The zero-order valence-electron chi connectivity index (χ0n) is 12.0. The van der Waals surface area contributed by atoms with Crippen molar-refractivity contribution in [1.29, 1.82) is 0 Å². The van der Waals surface area contributed by atoms with E-state index in [0.717, 1.165) is 28.1 Å². The Morgan fingerprint density at radius 2 is 1.85 bits per heavy atom. The average Bonchev–Trinajstić information content (AvgIpc) is 2.47. The summed E-state index contributed by atoms with van der Waals surface area (Å²) in [6, 6.07) is 11.7. The molecule has 0 atom stereocenters. The Hall–Kier alpha value is -2.20. The predicted octanol–water partition coefficient (Wildman–Crippen LogP) is 3.13. The smallest absolute Gasteiger partial charge is 0.123 e. The summed E-state index contributed by atoms with van der Waals surface area (Å²) in [7, 11) is 1.64. The number of methoxy groups -OCH3 is 1. The van der Waals surface area contributed by atoms with E-state index in [4.69, 9.17) is 4.74 Å². The molecule has 2 aromatic rings. The highest BCUT2D eigenvalue weighted by molar-refractivity contribution is 5.52. The summed E-state index contributed by atoms with van der Waals surface area (Å²) in [5.41, 5.74) is 9.78. The summed E-state index contributed by atoms with van der Waals surface area (Å²) in [6.45, 7) is 4.31. The summed E-state index contributed by atoms with van der Waals surface area (Å²) in [5, 5.41) is 10.2. The van der Waals surface area contributed by atoms with Gasteiger partial charge in [-0.15, -0.1) is 0 Å². The largest absolute Gasteiger partial charge is 0.507 e. The number of nitrogens with one attached hydrogen (secondary N) is 2. The van der Waals surface area contributed by atoms with Crippen LogP contribution in [0, 0.1) is 13.8 Å². The molecule has 0 unspecified atom stereocenters. The Kier molecular flexibility index (Phi) is 4.48. The lowest BCUT2D eigenvalue weighted by Crippen LogP contribution is -2.21. The average molecular weight is 272 g/mol. The Morgan fingerprint density at radius 1 is 1.15 bits per heavy atom. The van der Waals surface area contributed by atoms with Crippen molar-refractivity contribution < 1.29 is 9.84 Å². The SMILES string of the molecule is COc1cc(C)c(O)c(CNNc2ccccc2)c1C. The number of benzene rings is 2. The maximum Gasteiger partial charge on any atom is 0.123 e. The maximum atomic E-state index is 10.2. The molecule has 106 valence electrons. The normalized spacial score (nSPS) is 10.3. The van der Waals surface area contributed by atoms with Gasteiger partial charge in [0.05, 0.1) is 7.11 Å². The molecule has 2 rings (SSSR count). The number of hydrogen-bond acceptors (Lipinski definition) is 4. The molecule has 0 aliphatic heterocycles. The van der Waals surface area contributed by atoms with Gasteiger partial charge in [-0.25, -0.2) is 5.43 Å². The molecule has 20 heavy (non-hydrogen) atoms. The van der Waals surface area contributed by atoms with Crippen LogP contribution in [0.3, 0.4) is 0 Å². The molecule has 0 saturated heterocycles. The zero-order chi connectivity index (χ0) is 14.5. The van der Waals surface area contributed by atoms with Crippen molar-refractivity contribution in [2.75, 3.05) is 12.5 Å². The summed E-state index contributed by atoms with van der Waals surface area (Å²) < 4.78 is 5.33. The number of rotatable bonds is 5. The first-order valence-electron chi connectivity index (χ1n) is 6.53. The van der Waals surface area contributed by atoms with Gasteiger partial charge < -0.3 is 15.3 Å².